The molecule has 0 radical (unpaired) electrons. The van der Waals surface area contributed by atoms with Crippen molar-refractivity contribution in [3.63, 3.8) is 0 Å². The van der Waals surface area contributed by atoms with Gasteiger partial charge in [0, 0.05) is 11.6 Å². The summed E-state index contributed by atoms with van der Waals surface area (Å²) in [7, 11) is 0. The molecule has 1 aromatic carbocycles. The van der Waals surface area contributed by atoms with E-state index in [4.69, 9.17) is 0 Å². The lowest BCUT2D eigenvalue weighted by Gasteiger charge is -2.15. The van der Waals surface area contributed by atoms with Crippen molar-refractivity contribution in [2.24, 2.45) is 0 Å². The molecule has 1 aliphatic heterocycles. The smallest absolute Gasteiger partial charge is 0.0638 e. The standard InChI is InChI=1S/C12H17NO/c1-3-9-10-5-4-8(2)6-11(10)13-12(9)7-14/h4-6,9,12-14H,3,7H2,1-2H3. The van der Waals surface area contributed by atoms with E-state index in [-0.39, 0.29) is 12.6 Å². The van der Waals surface area contributed by atoms with Crippen molar-refractivity contribution in [3.8, 4) is 0 Å². The highest BCUT2D eigenvalue weighted by Crippen LogP contribution is 2.38. The molecule has 1 aromatic rings. The van der Waals surface area contributed by atoms with Gasteiger partial charge >= 0.3 is 0 Å². The molecule has 0 spiro atoms. The van der Waals surface area contributed by atoms with Gasteiger partial charge in [0.1, 0.15) is 0 Å². The molecule has 0 bridgehead atoms. The number of aliphatic hydroxyl groups is 1. The Morgan fingerprint density at radius 2 is 2.21 bits per heavy atom. The number of rotatable bonds is 2. The molecular weight excluding hydrogens is 174 g/mol. The molecule has 2 unspecified atom stereocenters. The molecule has 0 saturated heterocycles. The number of benzene rings is 1. The summed E-state index contributed by atoms with van der Waals surface area (Å²) in [6.45, 7) is 4.48. The maximum atomic E-state index is 9.25. The third kappa shape index (κ3) is 1.40. The van der Waals surface area contributed by atoms with Crippen LogP contribution in [-0.4, -0.2) is 17.8 Å². The molecule has 1 heterocycles. The fourth-order valence-electron chi connectivity index (χ4n) is 2.31. The fourth-order valence-corrected chi connectivity index (χ4v) is 2.31. The number of aliphatic hydroxyl groups excluding tert-OH is 1. The van der Waals surface area contributed by atoms with E-state index >= 15 is 0 Å². The van der Waals surface area contributed by atoms with Gasteiger partial charge in [0.25, 0.3) is 0 Å². The Balaban J connectivity index is 2.37. The Bertz CT molecular complexity index is 335. The van der Waals surface area contributed by atoms with Crippen LogP contribution in [0.3, 0.4) is 0 Å². The predicted octanol–water partition coefficient (Wildman–Crippen LogP) is 2.28. The molecule has 0 amide bonds. The minimum absolute atomic E-state index is 0.205. The van der Waals surface area contributed by atoms with Crippen LogP contribution in [0.2, 0.25) is 0 Å². The molecule has 2 nitrogen and oxygen atoms in total. The third-order valence-corrected chi connectivity index (χ3v) is 3.07. The molecule has 76 valence electrons. The van der Waals surface area contributed by atoms with Crippen LogP contribution in [0.15, 0.2) is 18.2 Å². The molecule has 2 atom stereocenters. The third-order valence-electron chi connectivity index (χ3n) is 3.07. The highest BCUT2D eigenvalue weighted by molar-refractivity contribution is 5.60. The zero-order chi connectivity index (χ0) is 10.1. The van der Waals surface area contributed by atoms with E-state index in [0.29, 0.717) is 5.92 Å². The van der Waals surface area contributed by atoms with Gasteiger partial charge in [-0.2, -0.15) is 0 Å². The van der Waals surface area contributed by atoms with E-state index in [1.807, 2.05) is 0 Å². The van der Waals surface area contributed by atoms with E-state index in [1.165, 1.54) is 16.8 Å². The van der Waals surface area contributed by atoms with Gasteiger partial charge < -0.3 is 10.4 Å². The van der Waals surface area contributed by atoms with E-state index in [9.17, 15) is 5.11 Å². The lowest BCUT2D eigenvalue weighted by atomic mass is 9.92. The topological polar surface area (TPSA) is 32.3 Å². The van der Waals surface area contributed by atoms with Crippen molar-refractivity contribution in [1.29, 1.82) is 0 Å². The van der Waals surface area contributed by atoms with Crippen molar-refractivity contribution >= 4 is 5.69 Å². The summed E-state index contributed by atoms with van der Waals surface area (Å²) in [5.41, 5.74) is 3.83. The normalized spacial score (nSPS) is 24.5. The monoisotopic (exact) mass is 191 g/mol. The van der Waals surface area contributed by atoms with Crippen LogP contribution < -0.4 is 5.32 Å². The summed E-state index contributed by atoms with van der Waals surface area (Å²) in [6.07, 6.45) is 1.08. The number of hydrogen-bond acceptors (Lipinski definition) is 2. The largest absolute Gasteiger partial charge is 0.394 e. The summed E-state index contributed by atoms with van der Waals surface area (Å²) in [5.74, 6) is 0.468. The summed E-state index contributed by atoms with van der Waals surface area (Å²) in [5, 5.41) is 12.6. The second-order valence-corrected chi connectivity index (χ2v) is 4.04. The first-order valence-corrected chi connectivity index (χ1v) is 5.24. The Hall–Kier alpha value is -1.02. The number of anilines is 1. The molecule has 2 rings (SSSR count). The second kappa shape index (κ2) is 3.62. The Labute approximate surface area is 85.0 Å². The van der Waals surface area contributed by atoms with Crippen molar-refractivity contribution in [3.05, 3.63) is 29.3 Å². The van der Waals surface area contributed by atoms with Crippen molar-refractivity contribution in [2.75, 3.05) is 11.9 Å². The van der Waals surface area contributed by atoms with Crippen molar-refractivity contribution in [1.82, 2.24) is 0 Å². The molecule has 1 aliphatic rings. The maximum absolute atomic E-state index is 9.25. The SMILES string of the molecule is CCC1c2ccc(C)cc2NC1CO. The maximum Gasteiger partial charge on any atom is 0.0638 e. The Morgan fingerprint density at radius 3 is 2.86 bits per heavy atom. The fraction of sp³-hybridized carbons (Fsp3) is 0.500. The molecule has 14 heavy (non-hydrogen) atoms. The van der Waals surface area contributed by atoms with Crippen LogP contribution in [0.5, 0.6) is 0 Å². The highest BCUT2D eigenvalue weighted by Gasteiger charge is 2.29. The van der Waals surface area contributed by atoms with Gasteiger partial charge in [0.2, 0.25) is 0 Å². The first kappa shape index (κ1) is 9.53. The molecule has 2 heteroatoms. The number of fused-ring (bicyclic) bond motifs is 1. The van der Waals surface area contributed by atoms with Crippen molar-refractivity contribution < 1.29 is 5.11 Å². The quantitative estimate of drug-likeness (QED) is 0.751. The second-order valence-electron chi connectivity index (χ2n) is 4.04. The van der Waals surface area contributed by atoms with Crippen LogP contribution in [0.4, 0.5) is 5.69 Å². The molecule has 2 N–H and O–H groups in total. The average Bonchev–Trinajstić information content (AvgIpc) is 2.54. The van der Waals surface area contributed by atoms with Gasteiger partial charge in [-0.3, -0.25) is 0 Å². The van der Waals surface area contributed by atoms with E-state index in [0.717, 1.165) is 6.42 Å². The Kier molecular flexibility index (Phi) is 2.46. The molecule has 0 aliphatic carbocycles. The van der Waals surface area contributed by atoms with Gasteiger partial charge in [0.05, 0.1) is 12.6 Å². The highest BCUT2D eigenvalue weighted by atomic mass is 16.3. The summed E-state index contributed by atoms with van der Waals surface area (Å²) in [6, 6.07) is 6.69. The lowest BCUT2D eigenvalue weighted by molar-refractivity contribution is 0.261. The van der Waals surface area contributed by atoms with Gasteiger partial charge in [-0.25, -0.2) is 0 Å². The van der Waals surface area contributed by atoms with Crippen molar-refractivity contribution in [2.45, 2.75) is 32.2 Å². The number of hydrogen-bond donors (Lipinski definition) is 2. The van der Waals surface area contributed by atoms with Gasteiger partial charge in [-0.05, 0) is 30.5 Å². The van der Waals surface area contributed by atoms with Crippen LogP contribution in [0, 0.1) is 6.92 Å². The molecule has 0 fully saturated rings. The number of nitrogens with one attached hydrogen (secondary N) is 1. The minimum atomic E-state index is 0.205. The van der Waals surface area contributed by atoms with Gasteiger partial charge in [-0.15, -0.1) is 0 Å². The first-order valence-electron chi connectivity index (χ1n) is 5.24. The van der Waals surface area contributed by atoms with E-state index < -0.39 is 0 Å². The average molecular weight is 191 g/mol. The summed E-state index contributed by atoms with van der Waals surface area (Å²) >= 11 is 0. The lowest BCUT2D eigenvalue weighted by Crippen LogP contribution is -2.24. The predicted molar refractivity (Wildman–Crippen MR) is 58.7 cm³/mol. The van der Waals surface area contributed by atoms with Crippen LogP contribution >= 0.6 is 0 Å². The van der Waals surface area contributed by atoms with Crippen LogP contribution in [0.25, 0.3) is 0 Å². The first-order chi connectivity index (χ1) is 6.76. The van der Waals surface area contributed by atoms with Gasteiger partial charge in [0.15, 0.2) is 0 Å². The zero-order valence-electron chi connectivity index (χ0n) is 8.75. The molecule has 0 saturated carbocycles. The van der Waals surface area contributed by atoms with E-state index in [2.05, 4.69) is 37.4 Å². The molecule has 0 aromatic heterocycles. The van der Waals surface area contributed by atoms with E-state index in [1.54, 1.807) is 0 Å². The summed E-state index contributed by atoms with van der Waals surface area (Å²) in [4.78, 5) is 0. The van der Waals surface area contributed by atoms with Crippen LogP contribution in [-0.2, 0) is 0 Å². The van der Waals surface area contributed by atoms with Crippen LogP contribution in [0.1, 0.15) is 30.4 Å². The Morgan fingerprint density at radius 1 is 1.43 bits per heavy atom. The summed E-state index contributed by atoms with van der Waals surface area (Å²) < 4.78 is 0. The minimum Gasteiger partial charge on any atom is -0.394 e. The molecular formula is C12H17NO. The zero-order valence-corrected chi connectivity index (χ0v) is 8.75. The number of aryl methyl sites for hydroxylation is 1. The van der Waals surface area contributed by atoms with Gasteiger partial charge in [-0.1, -0.05) is 19.1 Å².